The molecule has 0 atom stereocenters. The van der Waals surface area contributed by atoms with E-state index in [1.807, 2.05) is 0 Å². The molecule has 0 N–H and O–H groups in total. The maximum absolute atomic E-state index is 11.5. The zero-order valence-corrected chi connectivity index (χ0v) is 9.63. The fraction of sp³-hybridized carbons (Fsp3) is 0.300. The van der Waals surface area contributed by atoms with Crippen molar-refractivity contribution in [3.8, 4) is 5.75 Å². The zero-order valence-electron chi connectivity index (χ0n) is 8.04. The van der Waals surface area contributed by atoms with Gasteiger partial charge in [-0.05, 0) is 18.2 Å². The Hall–Kier alpha value is -0.870. The number of halogens is 1. The molecule has 1 rings (SSSR count). The summed E-state index contributed by atoms with van der Waals surface area (Å²) in [5, 5.41) is 0. The summed E-state index contributed by atoms with van der Waals surface area (Å²) in [5.74, 6) is 0.589. The van der Waals surface area contributed by atoms with Crippen LogP contribution in [0, 0.1) is 0 Å². The molecule has 0 saturated carbocycles. The van der Waals surface area contributed by atoms with Gasteiger partial charge in [0.25, 0.3) is 0 Å². The summed E-state index contributed by atoms with van der Waals surface area (Å²) in [6, 6.07) is 5.25. The third-order valence-corrected chi connectivity index (χ3v) is 2.44. The molecular weight excluding hydrogens is 248 g/mol. The van der Waals surface area contributed by atoms with E-state index in [1.165, 1.54) is 7.11 Å². The summed E-state index contributed by atoms with van der Waals surface area (Å²) in [5.41, 5.74) is 0.575. The molecule has 0 radical (unpaired) electrons. The van der Waals surface area contributed by atoms with Crippen LogP contribution in [0.1, 0.15) is 10.4 Å². The van der Waals surface area contributed by atoms with E-state index in [0.29, 0.717) is 11.3 Å². The predicted molar refractivity (Wildman–Crippen MR) is 56.9 cm³/mol. The number of hydrogen-bond acceptors (Lipinski definition) is 3. The average Bonchev–Trinajstić information content (AvgIpc) is 2.19. The molecule has 1 aromatic carbocycles. The van der Waals surface area contributed by atoms with Gasteiger partial charge in [-0.25, -0.2) is 0 Å². The van der Waals surface area contributed by atoms with Crippen molar-refractivity contribution < 1.29 is 14.3 Å². The zero-order chi connectivity index (χ0) is 10.6. The third kappa shape index (κ3) is 2.56. The van der Waals surface area contributed by atoms with Gasteiger partial charge < -0.3 is 9.47 Å². The number of carbonyl (C=O) groups excluding carboxylic acids is 1. The second kappa shape index (κ2) is 5.12. The Morgan fingerprint density at radius 2 is 2.14 bits per heavy atom. The Morgan fingerprint density at radius 1 is 1.43 bits per heavy atom. The van der Waals surface area contributed by atoms with Crippen molar-refractivity contribution in [2.45, 2.75) is 0 Å². The molecule has 1 aromatic rings. The Balaban J connectivity index is 2.99. The highest BCUT2D eigenvalue weighted by Gasteiger charge is 2.10. The smallest absolute Gasteiger partial charge is 0.189 e. The van der Waals surface area contributed by atoms with Crippen molar-refractivity contribution in [3.63, 3.8) is 0 Å². The Labute approximate surface area is 91.1 Å². The second-order valence-electron chi connectivity index (χ2n) is 2.70. The SMILES string of the molecule is COCC(=O)c1cc(OC)ccc1Br. The van der Waals surface area contributed by atoms with Crippen LogP contribution in [-0.4, -0.2) is 26.6 Å². The quantitative estimate of drug-likeness (QED) is 0.778. The Morgan fingerprint density at radius 3 is 2.71 bits per heavy atom. The highest BCUT2D eigenvalue weighted by Crippen LogP contribution is 2.22. The minimum atomic E-state index is -0.0710. The molecule has 0 unspecified atom stereocenters. The van der Waals surface area contributed by atoms with Crippen LogP contribution >= 0.6 is 15.9 Å². The molecule has 76 valence electrons. The van der Waals surface area contributed by atoms with Gasteiger partial charge >= 0.3 is 0 Å². The van der Waals surface area contributed by atoms with Crippen molar-refractivity contribution in [2.24, 2.45) is 0 Å². The molecule has 0 spiro atoms. The molecule has 14 heavy (non-hydrogen) atoms. The van der Waals surface area contributed by atoms with Gasteiger partial charge in [0.1, 0.15) is 12.4 Å². The van der Waals surface area contributed by atoms with Gasteiger partial charge in [-0.2, -0.15) is 0 Å². The van der Waals surface area contributed by atoms with Crippen LogP contribution in [0.25, 0.3) is 0 Å². The highest BCUT2D eigenvalue weighted by molar-refractivity contribution is 9.10. The molecule has 0 heterocycles. The van der Waals surface area contributed by atoms with Crippen molar-refractivity contribution >= 4 is 21.7 Å². The molecule has 0 bridgehead atoms. The summed E-state index contributed by atoms with van der Waals surface area (Å²) in [7, 11) is 3.06. The van der Waals surface area contributed by atoms with Crippen molar-refractivity contribution in [3.05, 3.63) is 28.2 Å². The van der Waals surface area contributed by atoms with Crippen LogP contribution in [-0.2, 0) is 4.74 Å². The number of methoxy groups -OCH3 is 2. The summed E-state index contributed by atoms with van der Waals surface area (Å²) in [4.78, 5) is 11.5. The molecule has 4 heteroatoms. The number of ketones is 1. The van der Waals surface area contributed by atoms with Crippen LogP contribution in [0.2, 0.25) is 0 Å². The molecule has 0 saturated heterocycles. The lowest BCUT2D eigenvalue weighted by Crippen LogP contribution is -2.07. The number of hydrogen-bond donors (Lipinski definition) is 0. The minimum Gasteiger partial charge on any atom is -0.497 e. The first-order valence-corrected chi connectivity index (χ1v) is 4.84. The number of benzene rings is 1. The maximum Gasteiger partial charge on any atom is 0.189 e. The molecule has 0 fully saturated rings. The summed E-state index contributed by atoms with van der Waals surface area (Å²) in [6.07, 6.45) is 0. The average molecular weight is 259 g/mol. The Kier molecular flexibility index (Phi) is 4.10. The van der Waals surface area contributed by atoms with Gasteiger partial charge in [-0.15, -0.1) is 0 Å². The molecule has 0 amide bonds. The van der Waals surface area contributed by atoms with Gasteiger partial charge in [-0.1, -0.05) is 15.9 Å². The normalized spacial score (nSPS) is 9.93. The van der Waals surface area contributed by atoms with Crippen molar-refractivity contribution in [1.29, 1.82) is 0 Å². The number of ether oxygens (including phenoxy) is 2. The van der Waals surface area contributed by atoms with E-state index in [4.69, 9.17) is 9.47 Å². The van der Waals surface area contributed by atoms with Crippen LogP contribution in [0.3, 0.4) is 0 Å². The fourth-order valence-corrected chi connectivity index (χ4v) is 1.52. The van der Waals surface area contributed by atoms with E-state index in [2.05, 4.69) is 15.9 Å². The monoisotopic (exact) mass is 258 g/mol. The number of carbonyl (C=O) groups is 1. The standard InChI is InChI=1S/C10H11BrO3/c1-13-6-10(12)8-5-7(14-2)3-4-9(8)11/h3-5H,6H2,1-2H3. The van der Waals surface area contributed by atoms with Crippen LogP contribution in [0.15, 0.2) is 22.7 Å². The summed E-state index contributed by atoms with van der Waals surface area (Å²) in [6.45, 7) is 0.0752. The van der Waals surface area contributed by atoms with E-state index in [-0.39, 0.29) is 12.4 Å². The van der Waals surface area contributed by atoms with Gasteiger partial charge in [-0.3, -0.25) is 4.79 Å². The largest absolute Gasteiger partial charge is 0.497 e. The second-order valence-corrected chi connectivity index (χ2v) is 3.56. The van der Waals surface area contributed by atoms with Gasteiger partial charge in [0.05, 0.1) is 7.11 Å². The predicted octanol–water partition coefficient (Wildman–Crippen LogP) is 2.29. The molecule has 0 aliphatic rings. The van der Waals surface area contributed by atoms with E-state index in [9.17, 15) is 4.79 Å². The summed E-state index contributed by atoms with van der Waals surface area (Å²) >= 11 is 3.30. The van der Waals surface area contributed by atoms with Crippen LogP contribution in [0.4, 0.5) is 0 Å². The fourth-order valence-electron chi connectivity index (χ4n) is 1.05. The molecular formula is C10H11BrO3. The van der Waals surface area contributed by atoms with E-state index >= 15 is 0 Å². The minimum absolute atomic E-state index is 0.0710. The van der Waals surface area contributed by atoms with Gasteiger partial charge in [0.15, 0.2) is 5.78 Å². The topological polar surface area (TPSA) is 35.5 Å². The lowest BCUT2D eigenvalue weighted by molar-refractivity contribution is 0.0847. The number of Topliss-reactive ketones (excluding diaryl/α,β-unsaturated/α-hetero) is 1. The van der Waals surface area contributed by atoms with E-state index in [1.54, 1.807) is 25.3 Å². The maximum atomic E-state index is 11.5. The van der Waals surface area contributed by atoms with E-state index < -0.39 is 0 Å². The van der Waals surface area contributed by atoms with Crippen LogP contribution in [0.5, 0.6) is 5.75 Å². The lowest BCUT2D eigenvalue weighted by Gasteiger charge is -2.05. The number of rotatable bonds is 4. The van der Waals surface area contributed by atoms with Crippen LogP contribution < -0.4 is 4.74 Å². The molecule has 3 nitrogen and oxygen atoms in total. The van der Waals surface area contributed by atoms with Crippen molar-refractivity contribution in [1.82, 2.24) is 0 Å². The van der Waals surface area contributed by atoms with E-state index in [0.717, 1.165) is 4.47 Å². The summed E-state index contributed by atoms with van der Waals surface area (Å²) < 4.78 is 10.5. The molecule has 0 aliphatic carbocycles. The van der Waals surface area contributed by atoms with Crippen molar-refractivity contribution in [2.75, 3.05) is 20.8 Å². The van der Waals surface area contributed by atoms with Gasteiger partial charge in [0, 0.05) is 17.1 Å². The van der Waals surface area contributed by atoms with Gasteiger partial charge in [0.2, 0.25) is 0 Å². The highest BCUT2D eigenvalue weighted by atomic mass is 79.9. The first-order valence-electron chi connectivity index (χ1n) is 4.04. The first-order chi connectivity index (χ1) is 6.69. The Bertz CT molecular complexity index is 336. The third-order valence-electron chi connectivity index (χ3n) is 1.75. The molecule has 0 aromatic heterocycles. The first kappa shape index (κ1) is 11.2. The lowest BCUT2D eigenvalue weighted by atomic mass is 10.1. The molecule has 0 aliphatic heterocycles.